The van der Waals surface area contributed by atoms with Crippen LogP contribution in [-0.2, 0) is 6.54 Å². The lowest BCUT2D eigenvalue weighted by Crippen LogP contribution is -2.49. The highest BCUT2D eigenvalue weighted by Gasteiger charge is 2.36. The van der Waals surface area contributed by atoms with Gasteiger partial charge in [-0.25, -0.2) is 4.79 Å². The van der Waals surface area contributed by atoms with Crippen molar-refractivity contribution in [2.45, 2.75) is 51.1 Å². The van der Waals surface area contributed by atoms with Crippen LogP contribution in [0.1, 0.15) is 54.4 Å². The third kappa shape index (κ3) is 5.18. The molecule has 4 rings (SSSR count). The molecule has 1 saturated heterocycles. The predicted octanol–water partition coefficient (Wildman–Crippen LogP) is 5.43. The normalized spacial score (nSPS) is 20.2. The predicted molar refractivity (Wildman–Crippen MR) is 123 cm³/mol. The molecule has 2 amide bonds. The lowest BCUT2D eigenvalue weighted by molar-refractivity contribution is 0.0391. The van der Waals surface area contributed by atoms with Crippen molar-refractivity contribution in [2.24, 2.45) is 5.92 Å². The number of carbonyl (C=O) groups is 2. The highest BCUT2D eigenvalue weighted by atomic mass is 35.5. The number of ether oxygens (including phenoxy) is 2. The summed E-state index contributed by atoms with van der Waals surface area (Å²) >= 11 is 6.49. The minimum absolute atomic E-state index is 0.0185. The Morgan fingerprint density at radius 2 is 1.75 bits per heavy atom. The molecule has 0 radical (unpaired) electrons. The third-order valence-corrected chi connectivity index (χ3v) is 6.79. The molecule has 2 atom stereocenters. The first-order chi connectivity index (χ1) is 15.5. The van der Waals surface area contributed by atoms with Gasteiger partial charge in [-0.1, -0.05) is 30.5 Å². The number of hydrogen-bond acceptors (Lipinski definition) is 4. The molecule has 0 aromatic heterocycles. The fraction of sp³-hybridized carbons (Fsp3) is 0.440. The van der Waals surface area contributed by atoms with E-state index >= 15 is 0 Å². The zero-order valence-corrected chi connectivity index (χ0v) is 19.1. The topological polar surface area (TPSA) is 67.9 Å². The Bertz CT molecular complexity index is 961. The number of benzene rings is 2. The van der Waals surface area contributed by atoms with Crippen LogP contribution in [-0.4, -0.2) is 36.6 Å². The molecule has 1 N–H and O–H groups in total. The van der Waals surface area contributed by atoms with Gasteiger partial charge in [0.2, 0.25) is 0 Å². The van der Waals surface area contributed by atoms with E-state index in [1.165, 1.54) is 25.7 Å². The zero-order valence-electron chi connectivity index (χ0n) is 18.3. The fourth-order valence-corrected chi connectivity index (χ4v) is 5.12. The van der Waals surface area contributed by atoms with Crippen LogP contribution < -0.4 is 14.8 Å². The molecule has 1 aliphatic heterocycles. The van der Waals surface area contributed by atoms with Gasteiger partial charge in [0.1, 0.15) is 11.5 Å². The van der Waals surface area contributed by atoms with E-state index in [-0.39, 0.29) is 12.5 Å². The number of amides is 2. The Labute approximate surface area is 193 Å². The summed E-state index contributed by atoms with van der Waals surface area (Å²) < 4.78 is 10.3. The molecule has 2 aromatic carbocycles. The molecule has 2 aromatic rings. The first-order valence-corrected chi connectivity index (χ1v) is 11.6. The van der Waals surface area contributed by atoms with Crippen LogP contribution in [0.2, 0.25) is 5.02 Å². The van der Waals surface area contributed by atoms with E-state index in [9.17, 15) is 9.59 Å². The summed E-state index contributed by atoms with van der Waals surface area (Å²) in [5.74, 6) is 1.75. The van der Waals surface area contributed by atoms with Gasteiger partial charge in [0.25, 0.3) is 5.91 Å². The maximum absolute atomic E-state index is 13.2. The molecule has 32 heavy (non-hydrogen) atoms. The fourth-order valence-electron chi connectivity index (χ4n) is 4.83. The number of fused-ring (bicyclic) bond motifs is 1. The summed E-state index contributed by atoms with van der Waals surface area (Å²) in [4.78, 5) is 27.4. The molecular formula is C25H29ClN2O4. The van der Waals surface area contributed by atoms with Gasteiger partial charge in [0.15, 0.2) is 0 Å². The smallest absolute Gasteiger partial charge is 0.412 e. The van der Waals surface area contributed by atoms with E-state index in [2.05, 4.69) is 5.32 Å². The Kier molecular flexibility index (Phi) is 7.20. The van der Waals surface area contributed by atoms with Crippen molar-refractivity contribution in [3.05, 3.63) is 58.6 Å². The first kappa shape index (κ1) is 22.5. The number of piperidine rings is 1. The number of halogens is 1. The van der Waals surface area contributed by atoms with Gasteiger partial charge < -0.3 is 19.7 Å². The second-order valence-corrected chi connectivity index (χ2v) is 8.89. The molecule has 2 aliphatic rings. The highest BCUT2D eigenvalue weighted by Crippen LogP contribution is 2.36. The summed E-state index contributed by atoms with van der Waals surface area (Å²) in [7, 11) is 1.58. The van der Waals surface area contributed by atoms with Gasteiger partial charge in [0.05, 0.1) is 17.7 Å². The molecule has 0 spiro atoms. The van der Waals surface area contributed by atoms with Gasteiger partial charge in [-0.15, -0.1) is 0 Å². The van der Waals surface area contributed by atoms with E-state index in [0.717, 1.165) is 24.9 Å². The minimum Gasteiger partial charge on any atom is -0.497 e. The van der Waals surface area contributed by atoms with Crippen molar-refractivity contribution in [3.8, 4) is 11.5 Å². The molecule has 1 aliphatic carbocycles. The Morgan fingerprint density at radius 1 is 1.03 bits per heavy atom. The molecule has 6 nitrogen and oxygen atoms in total. The Hall–Kier alpha value is -2.73. The number of likely N-dealkylation sites (tertiary alicyclic amines) is 1. The second kappa shape index (κ2) is 10.3. The number of carbonyl (C=O) groups excluding carboxylic acids is 2. The third-order valence-electron chi connectivity index (χ3n) is 6.47. The lowest BCUT2D eigenvalue weighted by Gasteiger charge is -2.44. The molecule has 0 unspecified atom stereocenters. The summed E-state index contributed by atoms with van der Waals surface area (Å²) in [6.07, 6.45) is 6.49. The average molecular weight is 457 g/mol. The largest absolute Gasteiger partial charge is 0.497 e. The quantitative estimate of drug-likeness (QED) is 0.651. The van der Waals surface area contributed by atoms with Crippen molar-refractivity contribution >= 4 is 23.6 Å². The average Bonchev–Trinajstić information content (AvgIpc) is 2.82. The van der Waals surface area contributed by atoms with Crippen molar-refractivity contribution < 1.29 is 19.1 Å². The number of nitrogens with zero attached hydrogens (tertiary/aromatic N) is 1. The van der Waals surface area contributed by atoms with Gasteiger partial charge in [0, 0.05) is 19.1 Å². The van der Waals surface area contributed by atoms with Crippen LogP contribution >= 0.6 is 11.6 Å². The highest BCUT2D eigenvalue weighted by molar-refractivity contribution is 6.33. The van der Waals surface area contributed by atoms with E-state index in [4.69, 9.17) is 21.1 Å². The van der Waals surface area contributed by atoms with Crippen LogP contribution in [0, 0.1) is 5.92 Å². The number of rotatable bonds is 5. The number of methoxy groups -OCH3 is 1. The van der Waals surface area contributed by atoms with E-state index in [1.807, 2.05) is 11.0 Å². The lowest BCUT2D eigenvalue weighted by atomic mass is 9.78. The summed E-state index contributed by atoms with van der Waals surface area (Å²) in [5.41, 5.74) is 1.33. The van der Waals surface area contributed by atoms with Gasteiger partial charge in [-0.2, -0.15) is 0 Å². The van der Waals surface area contributed by atoms with Gasteiger partial charge >= 0.3 is 6.09 Å². The van der Waals surface area contributed by atoms with E-state index < -0.39 is 6.09 Å². The van der Waals surface area contributed by atoms with Gasteiger partial charge in [-0.05, 0) is 73.6 Å². The molecular weight excluding hydrogens is 428 g/mol. The van der Waals surface area contributed by atoms with Crippen LogP contribution in [0.25, 0.3) is 0 Å². The molecule has 7 heteroatoms. The maximum atomic E-state index is 13.2. The number of nitrogens with one attached hydrogen (secondary N) is 1. The van der Waals surface area contributed by atoms with E-state index in [1.54, 1.807) is 43.5 Å². The molecule has 1 heterocycles. The molecule has 2 fully saturated rings. The maximum Gasteiger partial charge on any atom is 0.412 e. The Morgan fingerprint density at radius 3 is 2.50 bits per heavy atom. The van der Waals surface area contributed by atoms with Crippen LogP contribution in [0.15, 0.2) is 42.5 Å². The SMILES string of the molecule is COc1ccc(OC(=O)NCc2ccc(C(=O)N3CCC[C@@H]4CCCC[C@H]43)c(Cl)c2)cc1. The van der Waals surface area contributed by atoms with Crippen LogP contribution in [0.5, 0.6) is 11.5 Å². The zero-order chi connectivity index (χ0) is 22.5. The molecule has 0 bridgehead atoms. The summed E-state index contributed by atoms with van der Waals surface area (Å²) in [6.45, 7) is 1.05. The van der Waals surface area contributed by atoms with E-state index in [0.29, 0.717) is 34.0 Å². The molecule has 1 saturated carbocycles. The summed E-state index contributed by atoms with van der Waals surface area (Å²) in [5, 5.41) is 3.12. The van der Waals surface area contributed by atoms with Crippen molar-refractivity contribution in [3.63, 3.8) is 0 Å². The van der Waals surface area contributed by atoms with Crippen LogP contribution in [0.4, 0.5) is 4.79 Å². The van der Waals surface area contributed by atoms with Crippen molar-refractivity contribution in [1.29, 1.82) is 0 Å². The summed E-state index contributed by atoms with van der Waals surface area (Å²) in [6, 6.07) is 12.4. The van der Waals surface area contributed by atoms with Crippen LogP contribution in [0.3, 0.4) is 0 Å². The molecule has 170 valence electrons. The second-order valence-electron chi connectivity index (χ2n) is 8.49. The first-order valence-electron chi connectivity index (χ1n) is 11.2. The van der Waals surface area contributed by atoms with Gasteiger partial charge in [-0.3, -0.25) is 4.79 Å². The van der Waals surface area contributed by atoms with Crippen molar-refractivity contribution in [2.75, 3.05) is 13.7 Å². The Balaban J connectivity index is 1.35. The monoisotopic (exact) mass is 456 g/mol. The standard InChI is InChI=1S/C25H29ClN2O4/c1-31-19-9-11-20(12-10-19)32-25(30)27-16-17-8-13-21(22(26)15-17)24(29)28-14-4-6-18-5-2-3-7-23(18)28/h8-13,15,18,23H,2-7,14,16H2,1H3,(H,27,30)/t18-,23+/m0/s1. The minimum atomic E-state index is -0.567. The van der Waals surface area contributed by atoms with Crippen molar-refractivity contribution in [1.82, 2.24) is 10.2 Å². The number of hydrogen-bond donors (Lipinski definition) is 1.